The van der Waals surface area contributed by atoms with Gasteiger partial charge in [-0.25, -0.2) is 5.43 Å². The molecule has 1 heterocycles. The number of hydrogen-bond donors (Lipinski definition) is 1. The molecule has 0 spiro atoms. The van der Waals surface area contributed by atoms with Crippen LogP contribution >= 0.6 is 0 Å². The van der Waals surface area contributed by atoms with Gasteiger partial charge in [0.1, 0.15) is 5.75 Å². The zero-order valence-electron chi connectivity index (χ0n) is 12.1. The Bertz CT molecular complexity index is 654. The highest BCUT2D eigenvalue weighted by Gasteiger charge is 2.04. The van der Waals surface area contributed by atoms with Gasteiger partial charge in [0.25, 0.3) is 5.91 Å². The average molecular weight is 295 g/mol. The summed E-state index contributed by atoms with van der Waals surface area (Å²) in [6, 6.07) is 11.1. The van der Waals surface area contributed by atoms with Crippen molar-refractivity contribution in [2.45, 2.75) is 6.42 Å². The maximum Gasteiger partial charge on any atom is 0.277 e. The first-order valence-electron chi connectivity index (χ1n) is 6.83. The SMILES string of the molecule is C=CCc1ccccc1OCC(=O)NN=Cc1ccncc1. The minimum absolute atomic E-state index is 0.0954. The van der Waals surface area contributed by atoms with Crippen LogP contribution in [0.5, 0.6) is 5.75 Å². The Morgan fingerprint density at radius 3 is 2.82 bits per heavy atom. The number of carbonyl (C=O) groups excluding carboxylic acids is 1. The number of benzene rings is 1. The number of para-hydroxylation sites is 1. The average Bonchev–Trinajstić information content (AvgIpc) is 2.55. The van der Waals surface area contributed by atoms with Gasteiger partial charge in [-0.2, -0.15) is 5.10 Å². The molecule has 0 aliphatic heterocycles. The third-order valence-electron chi connectivity index (χ3n) is 2.80. The van der Waals surface area contributed by atoms with Gasteiger partial charge in [0.15, 0.2) is 6.61 Å². The molecule has 1 N–H and O–H groups in total. The van der Waals surface area contributed by atoms with E-state index in [-0.39, 0.29) is 12.5 Å². The number of carbonyl (C=O) groups is 1. The molecule has 22 heavy (non-hydrogen) atoms. The molecular formula is C17H17N3O2. The second-order valence-corrected chi connectivity index (χ2v) is 4.46. The lowest BCUT2D eigenvalue weighted by atomic mass is 10.1. The van der Waals surface area contributed by atoms with Crippen LogP contribution in [0.3, 0.4) is 0 Å². The number of hydrazone groups is 1. The zero-order valence-corrected chi connectivity index (χ0v) is 12.1. The number of nitrogens with one attached hydrogen (secondary N) is 1. The fourth-order valence-electron chi connectivity index (χ4n) is 1.77. The van der Waals surface area contributed by atoms with Crippen LogP contribution in [-0.2, 0) is 11.2 Å². The van der Waals surface area contributed by atoms with Gasteiger partial charge in [0, 0.05) is 12.4 Å². The van der Waals surface area contributed by atoms with Crippen molar-refractivity contribution >= 4 is 12.1 Å². The highest BCUT2D eigenvalue weighted by molar-refractivity contribution is 5.82. The van der Waals surface area contributed by atoms with Gasteiger partial charge >= 0.3 is 0 Å². The molecule has 2 rings (SSSR count). The summed E-state index contributed by atoms with van der Waals surface area (Å²) in [7, 11) is 0. The minimum atomic E-state index is -0.321. The van der Waals surface area contributed by atoms with Gasteiger partial charge in [0.05, 0.1) is 6.21 Å². The van der Waals surface area contributed by atoms with E-state index < -0.39 is 0 Å². The van der Waals surface area contributed by atoms with Crippen molar-refractivity contribution in [2.75, 3.05) is 6.61 Å². The molecule has 0 saturated carbocycles. The molecule has 0 aliphatic rings. The predicted octanol–water partition coefficient (Wildman–Crippen LogP) is 2.34. The first kappa shape index (κ1) is 15.4. The number of aromatic nitrogens is 1. The van der Waals surface area contributed by atoms with Crippen molar-refractivity contribution < 1.29 is 9.53 Å². The molecule has 0 saturated heterocycles. The molecule has 1 aromatic carbocycles. The number of ether oxygens (including phenoxy) is 1. The number of allylic oxidation sites excluding steroid dienone is 1. The van der Waals surface area contributed by atoms with Crippen LogP contribution in [0.1, 0.15) is 11.1 Å². The lowest BCUT2D eigenvalue weighted by molar-refractivity contribution is -0.123. The molecule has 1 aromatic heterocycles. The van der Waals surface area contributed by atoms with Gasteiger partial charge < -0.3 is 4.74 Å². The van der Waals surface area contributed by atoms with Gasteiger partial charge in [0.2, 0.25) is 0 Å². The Kier molecular flexibility index (Phi) is 5.87. The predicted molar refractivity (Wildman–Crippen MR) is 85.8 cm³/mol. The second kappa shape index (κ2) is 8.36. The fourth-order valence-corrected chi connectivity index (χ4v) is 1.77. The lowest BCUT2D eigenvalue weighted by Gasteiger charge is -2.09. The molecule has 112 valence electrons. The van der Waals surface area contributed by atoms with Crippen molar-refractivity contribution in [3.8, 4) is 5.75 Å². The van der Waals surface area contributed by atoms with Crippen molar-refractivity contribution in [1.82, 2.24) is 10.4 Å². The highest BCUT2D eigenvalue weighted by atomic mass is 16.5. The lowest BCUT2D eigenvalue weighted by Crippen LogP contribution is -2.24. The summed E-state index contributed by atoms with van der Waals surface area (Å²) in [4.78, 5) is 15.6. The van der Waals surface area contributed by atoms with Gasteiger partial charge in [-0.15, -0.1) is 6.58 Å². The van der Waals surface area contributed by atoms with Crippen LogP contribution < -0.4 is 10.2 Å². The first-order chi connectivity index (χ1) is 10.8. The molecule has 5 nitrogen and oxygen atoms in total. The maximum atomic E-state index is 11.7. The number of hydrogen-bond acceptors (Lipinski definition) is 4. The molecule has 5 heteroatoms. The topological polar surface area (TPSA) is 63.6 Å². The Morgan fingerprint density at radius 1 is 1.27 bits per heavy atom. The highest BCUT2D eigenvalue weighted by Crippen LogP contribution is 2.18. The summed E-state index contributed by atoms with van der Waals surface area (Å²) in [5.74, 6) is 0.356. The molecule has 0 bridgehead atoms. The van der Waals surface area contributed by atoms with E-state index in [1.807, 2.05) is 24.3 Å². The molecule has 0 aliphatic carbocycles. The van der Waals surface area contributed by atoms with E-state index in [9.17, 15) is 4.79 Å². The van der Waals surface area contributed by atoms with Crippen LogP contribution in [0.25, 0.3) is 0 Å². The Labute approximate surface area is 129 Å². The van der Waals surface area contributed by atoms with E-state index in [4.69, 9.17) is 4.74 Å². The summed E-state index contributed by atoms with van der Waals surface area (Å²) in [6.07, 6.45) is 7.34. The summed E-state index contributed by atoms with van der Waals surface area (Å²) in [5, 5.41) is 3.86. The Morgan fingerprint density at radius 2 is 2.05 bits per heavy atom. The van der Waals surface area contributed by atoms with Crippen molar-refractivity contribution in [1.29, 1.82) is 0 Å². The van der Waals surface area contributed by atoms with Crippen LogP contribution in [0.4, 0.5) is 0 Å². The van der Waals surface area contributed by atoms with E-state index in [0.717, 1.165) is 11.1 Å². The van der Waals surface area contributed by atoms with E-state index in [1.54, 1.807) is 36.8 Å². The minimum Gasteiger partial charge on any atom is -0.483 e. The van der Waals surface area contributed by atoms with Gasteiger partial charge in [-0.1, -0.05) is 24.3 Å². The second-order valence-electron chi connectivity index (χ2n) is 4.46. The molecule has 0 fully saturated rings. The summed E-state index contributed by atoms with van der Waals surface area (Å²) < 4.78 is 5.51. The van der Waals surface area contributed by atoms with Crippen LogP contribution in [-0.4, -0.2) is 23.7 Å². The monoisotopic (exact) mass is 295 g/mol. The number of nitrogens with zero attached hydrogens (tertiary/aromatic N) is 2. The van der Waals surface area contributed by atoms with Crippen molar-refractivity contribution in [3.05, 3.63) is 72.6 Å². The summed E-state index contributed by atoms with van der Waals surface area (Å²) in [6.45, 7) is 3.61. The molecule has 0 radical (unpaired) electrons. The molecular weight excluding hydrogens is 278 g/mol. The Balaban J connectivity index is 1.83. The van der Waals surface area contributed by atoms with E-state index in [0.29, 0.717) is 12.2 Å². The normalized spacial score (nSPS) is 10.4. The smallest absolute Gasteiger partial charge is 0.277 e. The summed E-state index contributed by atoms with van der Waals surface area (Å²) in [5.41, 5.74) is 4.26. The van der Waals surface area contributed by atoms with Crippen LogP contribution in [0.2, 0.25) is 0 Å². The third-order valence-corrected chi connectivity index (χ3v) is 2.80. The van der Waals surface area contributed by atoms with Crippen molar-refractivity contribution in [2.24, 2.45) is 5.10 Å². The van der Waals surface area contributed by atoms with Gasteiger partial charge in [-0.05, 0) is 35.7 Å². The van der Waals surface area contributed by atoms with Crippen LogP contribution in [0, 0.1) is 0 Å². The molecule has 0 unspecified atom stereocenters. The quantitative estimate of drug-likeness (QED) is 0.484. The first-order valence-corrected chi connectivity index (χ1v) is 6.83. The van der Waals surface area contributed by atoms with E-state index in [2.05, 4.69) is 22.1 Å². The third kappa shape index (κ3) is 4.86. The number of rotatable bonds is 7. The largest absolute Gasteiger partial charge is 0.483 e. The van der Waals surface area contributed by atoms with Crippen molar-refractivity contribution in [3.63, 3.8) is 0 Å². The fraction of sp³-hybridized carbons (Fsp3) is 0.118. The zero-order chi connectivity index (χ0) is 15.6. The van der Waals surface area contributed by atoms with Gasteiger partial charge in [-0.3, -0.25) is 9.78 Å². The molecule has 2 aromatic rings. The standard InChI is InChI=1S/C17H17N3O2/c1-2-5-15-6-3-4-7-16(15)22-13-17(21)20-19-12-14-8-10-18-11-9-14/h2-4,6-12H,1,5,13H2,(H,20,21). The molecule has 1 amide bonds. The Hall–Kier alpha value is -2.95. The summed E-state index contributed by atoms with van der Waals surface area (Å²) >= 11 is 0. The number of pyridine rings is 1. The van der Waals surface area contributed by atoms with Crippen LogP contribution in [0.15, 0.2) is 66.5 Å². The molecule has 0 atom stereocenters. The van der Waals surface area contributed by atoms with E-state index in [1.165, 1.54) is 0 Å². The number of amides is 1. The van der Waals surface area contributed by atoms with E-state index >= 15 is 0 Å². The maximum absolute atomic E-state index is 11.7.